The summed E-state index contributed by atoms with van der Waals surface area (Å²) < 4.78 is 11.2. The highest BCUT2D eigenvalue weighted by molar-refractivity contribution is 5.97. The average molecular weight is 447 g/mol. The molecular formula is C26H30N4O3. The Balaban J connectivity index is 1.48. The number of hydrogen-bond donors (Lipinski definition) is 2. The van der Waals surface area contributed by atoms with E-state index in [2.05, 4.69) is 27.7 Å². The molecule has 2 saturated heterocycles. The van der Waals surface area contributed by atoms with Gasteiger partial charge in [-0.15, -0.1) is 0 Å². The molecule has 0 aliphatic carbocycles. The van der Waals surface area contributed by atoms with E-state index in [1.165, 1.54) is 0 Å². The van der Waals surface area contributed by atoms with Crippen LogP contribution in [0.15, 0.2) is 48.5 Å². The monoisotopic (exact) mass is 446 g/mol. The highest BCUT2D eigenvalue weighted by Gasteiger charge is 2.50. The fourth-order valence-electron chi connectivity index (χ4n) is 4.81. The number of pyridine rings is 1. The van der Waals surface area contributed by atoms with Gasteiger partial charge in [0.1, 0.15) is 18.1 Å². The number of fused-ring (bicyclic) bond motifs is 1. The third-order valence-electron chi connectivity index (χ3n) is 6.69. The molecule has 1 aromatic heterocycles. The average Bonchev–Trinajstić information content (AvgIpc) is 2.82. The van der Waals surface area contributed by atoms with Gasteiger partial charge in [-0.2, -0.15) is 0 Å². The highest BCUT2D eigenvalue weighted by Crippen LogP contribution is 2.43. The Hall–Kier alpha value is -3.32. The molecule has 7 heteroatoms. The third kappa shape index (κ3) is 4.09. The molecule has 5 rings (SSSR count). The number of rotatable bonds is 7. The van der Waals surface area contributed by atoms with Crippen LogP contribution in [0.2, 0.25) is 0 Å². The first-order chi connectivity index (χ1) is 16.1. The first kappa shape index (κ1) is 21.5. The minimum Gasteiger partial charge on any atom is -0.497 e. The first-order valence-corrected chi connectivity index (χ1v) is 11.5. The standard InChI is InChI=1S/C26H30N4O3/c1-27-12-13-33-19-6-4-18(5-7-19)22-15-24(21-9-8-20(32-2)14-23(21)29-22)30-16-26(17-30)10-3-11-28-25(26)31/h4-9,14-15,27H,3,10-13,16-17H2,1-2H3,(H,28,31). The van der Waals surface area contributed by atoms with Gasteiger partial charge in [-0.1, -0.05) is 0 Å². The molecule has 2 fully saturated rings. The lowest BCUT2D eigenvalue weighted by atomic mass is 9.73. The van der Waals surface area contributed by atoms with Crippen molar-refractivity contribution in [2.45, 2.75) is 12.8 Å². The molecular weight excluding hydrogens is 416 g/mol. The summed E-state index contributed by atoms with van der Waals surface area (Å²) in [6.07, 6.45) is 2.00. The topological polar surface area (TPSA) is 75.7 Å². The van der Waals surface area contributed by atoms with Gasteiger partial charge >= 0.3 is 0 Å². The number of aromatic nitrogens is 1. The molecule has 0 radical (unpaired) electrons. The smallest absolute Gasteiger partial charge is 0.229 e. The van der Waals surface area contributed by atoms with Gasteiger partial charge in [-0.05, 0) is 62.4 Å². The maximum Gasteiger partial charge on any atom is 0.229 e. The van der Waals surface area contributed by atoms with Gasteiger partial charge in [0.2, 0.25) is 5.91 Å². The number of nitrogens with zero attached hydrogens (tertiary/aromatic N) is 2. The minimum absolute atomic E-state index is 0.194. The Morgan fingerprint density at radius 3 is 2.64 bits per heavy atom. The number of likely N-dealkylation sites (N-methyl/N-ethyl adjacent to an activating group) is 1. The van der Waals surface area contributed by atoms with Gasteiger partial charge < -0.3 is 25.0 Å². The van der Waals surface area contributed by atoms with Crippen LogP contribution in [-0.4, -0.2) is 57.8 Å². The van der Waals surface area contributed by atoms with Crippen LogP contribution in [0, 0.1) is 5.41 Å². The Morgan fingerprint density at radius 1 is 1.12 bits per heavy atom. The highest BCUT2D eigenvalue weighted by atomic mass is 16.5. The lowest BCUT2D eigenvalue weighted by molar-refractivity contribution is -0.135. The maximum absolute atomic E-state index is 12.6. The Labute approximate surface area is 194 Å². The molecule has 172 valence electrons. The molecule has 2 aliphatic heterocycles. The minimum atomic E-state index is -0.257. The van der Waals surface area contributed by atoms with Crippen molar-refractivity contribution in [1.29, 1.82) is 0 Å². The van der Waals surface area contributed by atoms with Crippen LogP contribution in [0.4, 0.5) is 5.69 Å². The second kappa shape index (κ2) is 8.90. The zero-order chi connectivity index (χ0) is 22.8. The summed E-state index contributed by atoms with van der Waals surface area (Å²) in [7, 11) is 3.57. The van der Waals surface area contributed by atoms with E-state index in [4.69, 9.17) is 14.5 Å². The quantitative estimate of drug-likeness (QED) is 0.543. The number of ether oxygens (including phenoxy) is 2. The van der Waals surface area contributed by atoms with E-state index in [1.54, 1.807) is 7.11 Å². The molecule has 0 atom stereocenters. The van der Waals surface area contributed by atoms with Gasteiger partial charge in [0.05, 0.1) is 23.7 Å². The predicted molar refractivity (Wildman–Crippen MR) is 130 cm³/mol. The van der Waals surface area contributed by atoms with E-state index in [0.29, 0.717) is 6.61 Å². The van der Waals surface area contributed by atoms with Crippen LogP contribution in [0.1, 0.15) is 12.8 Å². The van der Waals surface area contributed by atoms with Gasteiger partial charge in [0.25, 0.3) is 0 Å². The molecule has 2 aromatic carbocycles. The number of methoxy groups -OCH3 is 1. The summed E-state index contributed by atoms with van der Waals surface area (Å²) in [4.78, 5) is 19.8. The van der Waals surface area contributed by atoms with Crippen LogP contribution in [0.3, 0.4) is 0 Å². The van der Waals surface area contributed by atoms with Crippen LogP contribution in [-0.2, 0) is 4.79 Å². The molecule has 0 unspecified atom stereocenters. The van der Waals surface area contributed by atoms with E-state index >= 15 is 0 Å². The van der Waals surface area contributed by atoms with Crippen molar-refractivity contribution in [1.82, 2.24) is 15.6 Å². The summed E-state index contributed by atoms with van der Waals surface area (Å²) in [5.41, 5.74) is 3.64. The Bertz CT molecular complexity index is 1160. The van der Waals surface area contributed by atoms with E-state index in [9.17, 15) is 4.79 Å². The number of hydrogen-bond acceptors (Lipinski definition) is 6. The van der Waals surface area contributed by atoms with E-state index in [-0.39, 0.29) is 11.3 Å². The van der Waals surface area contributed by atoms with Crippen molar-refractivity contribution >= 4 is 22.5 Å². The van der Waals surface area contributed by atoms with Gasteiger partial charge in [0, 0.05) is 48.9 Å². The predicted octanol–water partition coefficient (Wildman–Crippen LogP) is 3.23. The molecule has 1 spiro atoms. The van der Waals surface area contributed by atoms with Crippen molar-refractivity contribution in [2.75, 3.05) is 51.8 Å². The zero-order valence-electron chi connectivity index (χ0n) is 19.2. The fraction of sp³-hybridized carbons (Fsp3) is 0.385. The van der Waals surface area contributed by atoms with Crippen molar-refractivity contribution in [3.8, 4) is 22.8 Å². The zero-order valence-corrected chi connectivity index (χ0v) is 19.2. The molecule has 0 saturated carbocycles. The first-order valence-electron chi connectivity index (χ1n) is 11.5. The summed E-state index contributed by atoms with van der Waals surface area (Å²) in [5, 5.41) is 7.20. The number of nitrogens with one attached hydrogen (secondary N) is 2. The molecule has 7 nitrogen and oxygen atoms in total. The largest absolute Gasteiger partial charge is 0.497 e. The molecule has 33 heavy (non-hydrogen) atoms. The van der Waals surface area contributed by atoms with Crippen LogP contribution in [0.25, 0.3) is 22.2 Å². The summed E-state index contributed by atoms with van der Waals surface area (Å²) >= 11 is 0. The van der Waals surface area contributed by atoms with Crippen LogP contribution < -0.4 is 25.0 Å². The Kier molecular flexibility index (Phi) is 5.81. The van der Waals surface area contributed by atoms with E-state index < -0.39 is 0 Å². The maximum atomic E-state index is 12.6. The second-order valence-corrected chi connectivity index (χ2v) is 8.88. The van der Waals surface area contributed by atoms with Crippen molar-refractivity contribution in [2.24, 2.45) is 5.41 Å². The molecule has 2 N–H and O–H groups in total. The summed E-state index contributed by atoms with van der Waals surface area (Å²) in [6, 6.07) is 16.2. The van der Waals surface area contributed by atoms with Crippen molar-refractivity contribution < 1.29 is 14.3 Å². The number of benzene rings is 2. The van der Waals surface area contributed by atoms with Crippen LogP contribution in [0.5, 0.6) is 11.5 Å². The lowest BCUT2D eigenvalue weighted by Crippen LogP contribution is -2.65. The summed E-state index contributed by atoms with van der Waals surface area (Å²) in [6.45, 7) is 3.69. The molecule has 0 bridgehead atoms. The second-order valence-electron chi connectivity index (χ2n) is 8.88. The summed E-state index contributed by atoms with van der Waals surface area (Å²) in [5.74, 6) is 1.81. The number of carbonyl (C=O) groups excluding carboxylic acids is 1. The third-order valence-corrected chi connectivity index (χ3v) is 6.69. The molecule has 3 aromatic rings. The van der Waals surface area contributed by atoms with E-state index in [1.807, 2.05) is 43.4 Å². The Morgan fingerprint density at radius 2 is 1.91 bits per heavy atom. The van der Waals surface area contributed by atoms with Crippen LogP contribution >= 0.6 is 0 Å². The number of amides is 1. The van der Waals surface area contributed by atoms with Gasteiger partial charge in [-0.25, -0.2) is 4.98 Å². The number of piperidine rings is 1. The SMILES string of the molecule is CNCCOc1ccc(-c2cc(N3CC4(CCCNC4=O)C3)c3ccc(OC)cc3n2)cc1. The van der Waals surface area contributed by atoms with Gasteiger partial charge in [-0.3, -0.25) is 4.79 Å². The molecule has 3 heterocycles. The molecule has 1 amide bonds. The number of anilines is 1. The molecule has 2 aliphatic rings. The fourth-order valence-corrected chi connectivity index (χ4v) is 4.81. The van der Waals surface area contributed by atoms with Crippen molar-refractivity contribution in [3.05, 3.63) is 48.5 Å². The normalized spacial score (nSPS) is 17.0. The lowest BCUT2D eigenvalue weighted by Gasteiger charge is -2.52. The number of carbonyl (C=O) groups is 1. The van der Waals surface area contributed by atoms with Crippen molar-refractivity contribution in [3.63, 3.8) is 0 Å². The van der Waals surface area contributed by atoms with Gasteiger partial charge in [0.15, 0.2) is 0 Å². The van der Waals surface area contributed by atoms with E-state index in [0.717, 1.165) is 78.4 Å².